The van der Waals surface area contributed by atoms with Gasteiger partial charge in [0.05, 0.1) is 0 Å². The second-order valence-electron chi connectivity index (χ2n) is 6.37. The van der Waals surface area contributed by atoms with Gasteiger partial charge in [0.25, 0.3) is 0 Å². The van der Waals surface area contributed by atoms with Gasteiger partial charge in [0.15, 0.2) is 0 Å². The second-order valence-corrected chi connectivity index (χ2v) is 6.37. The molecule has 1 aromatic carbocycles. The van der Waals surface area contributed by atoms with Gasteiger partial charge in [-0.2, -0.15) is 0 Å². The van der Waals surface area contributed by atoms with Gasteiger partial charge >= 0.3 is 0 Å². The summed E-state index contributed by atoms with van der Waals surface area (Å²) in [5, 5.41) is 3.72. The van der Waals surface area contributed by atoms with Crippen molar-refractivity contribution in [2.75, 3.05) is 13.1 Å². The standard InChI is InChI=1S/C17H26N2/c1-3-15-12-19(16-9-13(2)10-16)17(11-18-15)14-7-5-4-6-8-14/h4-8,13,15-18H,3,9-12H2,1-2H3. The summed E-state index contributed by atoms with van der Waals surface area (Å²) in [5.41, 5.74) is 1.48. The molecule has 2 heteroatoms. The van der Waals surface area contributed by atoms with E-state index in [1.54, 1.807) is 0 Å². The summed E-state index contributed by atoms with van der Waals surface area (Å²) >= 11 is 0. The number of nitrogens with one attached hydrogen (secondary N) is 1. The first-order valence-electron chi connectivity index (χ1n) is 7.82. The van der Waals surface area contributed by atoms with Crippen LogP contribution in [-0.4, -0.2) is 30.1 Å². The van der Waals surface area contributed by atoms with Crippen LogP contribution in [0.2, 0.25) is 0 Å². The highest BCUT2D eigenvalue weighted by Crippen LogP contribution is 2.37. The summed E-state index contributed by atoms with van der Waals surface area (Å²) in [4.78, 5) is 2.78. The molecular weight excluding hydrogens is 232 g/mol. The summed E-state index contributed by atoms with van der Waals surface area (Å²) in [6.45, 7) is 7.00. The molecule has 2 unspecified atom stereocenters. The Morgan fingerprint density at radius 1 is 1.21 bits per heavy atom. The zero-order chi connectivity index (χ0) is 13.2. The molecule has 0 spiro atoms. The van der Waals surface area contributed by atoms with E-state index in [1.807, 2.05) is 0 Å². The van der Waals surface area contributed by atoms with Gasteiger partial charge in [-0.1, -0.05) is 44.2 Å². The van der Waals surface area contributed by atoms with Crippen LogP contribution >= 0.6 is 0 Å². The Bertz CT molecular complexity index is 397. The SMILES string of the molecule is CCC1CN(C2CC(C)C2)C(c2ccccc2)CN1. The molecule has 1 aliphatic carbocycles. The van der Waals surface area contributed by atoms with E-state index in [1.165, 1.54) is 31.4 Å². The molecule has 1 aliphatic heterocycles. The van der Waals surface area contributed by atoms with Crippen LogP contribution in [0, 0.1) is 5.92 Å². The Balaban J connectivity index is 1.77. The first kappa shape index (κ1) is 13.1. The maximum Gasteiger partial charge on any atom is 0.0476 e. The van der Waals surface area contributed by atoms with Crippen molar-refractivity contribution in [1.29, 1.82) is 0 Å². The Morgan fingerprint density at radius 2 is 1.95 bits per heavy atom. The number of hydrogen-bond acceptors (Lipinski definition) is 2. The van der Waals surface area contributed by atoms with Gasteiger partial charge in [-0.15, -0.1) is 0 Å². The summed E-state index contributed by atoms with van der Waals surface area (Å²) < 4.78 is 0. The molecule has 19 heavy (non-hydrogen) atoms. The van der Waals surface area contributed by atoms with E-state index in [9.17, 15) is 0 Å². The van der Waals surface area contributed by atoms with Crippen LogP contribution in [-0.2, 0) is 0 Å². The number of hydrogen-bond donors (Lipinski definition) is 1. The van der Waals surface area contributed by atoms with Crippen LogP contribution in [0.25, 0.3) is 0 Å². The molecule has 3 rings (SSSR count). The van der Waals surface area contributed by atoms with Gasteiger partial charge in [-0.3, -0.25) is 4.90 Å². The maximum atomic E-state index is 3.72. The van der Waals surface area contributed by atoms with Crippen molar-refractivity contribution in [3.8, 4) is 0 Å². The molecule has 0 amide bonds. The van der Waals surface area contributed by atoms with Crippen LogP contribution in [0.5, 0.6) is 0 Å². The maximum absolute atomic E-state index is 3.72. The molecule has 0 radical (unpaired) electrons. The van der Waals surface area contributed by atoms with Crippen molar-refractivity contribution in [3.05, 3.63) is 35.9 Å². The lowest BCUT2D eigenvalue weighted by molar-refractivity contribution is 0.0167. The third-order valence-electron chi connectivity index (χ3n) is 4.93. The molecule has 1 aromatic rings. The van der Waals surface area contributed by atoms with Crippen molar-refractivity contribution >= 4 is 0 Å². The predicted molar refractivity (Wildman–Crippen MR) is 80.2 cm³/mol. The van der Waals surface area contributed by atoms with Gasteiger partial charge in [-0.25, -0.2) is 0 Å². The molecule has 2 atom stereocenters. The van der Waals surface area contributed by atoms with Crippen molar-refractivity contribution in [3.63, 3.8) is 0 Å². The third kappa shape index (κ3) is 2.70. The molecule has 1 N–H and O–H groups in total. The van der Waals surface area contributed by atoms with Gasteiger partial charge < -0.3 is 5.32 Å². The van der Waals surface area contributed by atoms with E-state index in [0.717, 1.165) is 18.5 Å². The molecule has 2 fully saturated rings. The normalized spacial score (nSPS) is 35.9. The quantitative estimate of drug-likeness (QED) is 0.895. The van der Waals surface area contributed by atoms with Crippen LogP contribution in [0.15, 0.2) is 30.3 Å². The van der Waals surface area contributed by atoms with Crippen molar-refractivity contribution in [2.24, 2.45) is 5.92 Å². The van der Waals surface area contributed by atoms with Crippen LogP contribution in [0.1, 0.15) is 44.7 Å². The molecule has 0 bridgehead atoms. The van der Waals surface area contributed by atoms with Crippen LogP contribution < -0.4 is 5.32 Å². The van der Waals surface area contributed by atoms with E-state index < -0.39 is 0 Å². The fourth-order valence-electron chi connectivity index (χ4n) is 3.63. The molecule has 1 saturated heterocycles. The second kappa shape index (κ2) is 5.64. The molecular formula is C17H26N2. The fourth-order valence-corrected chi connectivity index (χ4v) is 3.63. The first-order chi connectivity index (χ1) is 9.28. The summed E-state index contributed by atoms with van der Waals surface area (Å²) in [7, 11) is 0. The smallest absolute Gasteiger partial charge is 0.0476 e. The Kier molecular flexibility index (Phi) is 3.90. The average Bonchev–Trinajstić information content (AvgIpc) is 2.44. The molecule has 0 aromatic heterocycles. The molecule has 2 nitrogen and oxygen atoms in total. The Hall–Kier alpha value is -0.860. The van der Waals surface area contributed by atoms with Gasteiger partial charge in [0.1, 0.15) is 0 Å². The molecule has 1 saturated carbocycles. The highest BCUT2D eigenvalue weighted by molar-refractivity contribution is 5.21. The largest absolute Gasteiger partial charge is 0.311 e. The van der Waals surface area contributed by atoms with E-state index in [-0.39, 0.29) is 0 Å². The topological polar surface area (TPSA) is 15.3 Å². The van der Waals surface area contributed by atoms with Gasteiger partial charge in [0.2, 0.25) is 0 Å². The van der Waals surface area contributed by atoms with Gasteiger partial charge in [-0.05, 0) is 30.7 Å². The summed E-state index contributed by atoms with van der Waals surface area (Å²) in [6, 6.07) is 13.1. The van der Waals surface area contributed by atoms with Gasteiger partial charge in [0, 0.05) is 31.2 Å². The summed E-state index contributed by atoms with van der Waals surface area (Å²) in [6.07, 6.45) is 4.01. The monoisotopic (exact) mass is 258 g/mol. The lowest BCUT2D eigenvalue weighted by Gasteiger charge is -2.50. The van der Waals surface area contributed by atoms with E-state index in [0.29, 0.717) is 12.1 Å². The zero-order valence-corrected chi connectivity index (χ0v) is 12.2. The average molecular weight is 258 g/mol. The summed E-state index contributed by atoms with van der Waals surface area (Å²) in [5.74, 6) is 0.927. The number of nitrogens with zero attached hydrogens (tertiary/aromatic N) is 1. The lowest BCUT2D eigenvalue weighted by Crippen LogP contribution is -2.57. The Labute approximate surface area is 117 Å². The highest BCUT2D eigenvalue weighted by Gasteiger charge is 2.38. The van der Waals surface area contributed by atoms with E-state index >= 15 is 0 Å². The minimum absolute atomic E-state index is 0.571. The predicted octanol–water partition coefficient (Wildman–Crippen LogP) is 3.21. The highest BCUT2D eigenvalue weighted by atomic mass is 15.3. The minimum Gasteiger partial charge on any atom is -0.311 e. The number of piperazine rings is 1. The van der Waals surface area contributed by atoms with E-state index in [4.69, 9.17) is 0 Å². The minimum atomic E-state index is 0.571. The Morgan fingerprint density at radius 3 is 2.58 bits per heavy atom. The zero-order valence-electron chi connectivity index (χ0n) is 12.2. The third-order valence-corrected chi connectivity index (χ3v) is 4.93. The molecule has 104 valence electrons. The molecule has 2 aliphatic rings. The number of rotatable bonds is 3. The van der Waals surface area contributed by atoms with Crippen molar-refractivity contribution in [2.45, 2.75) is 51.2 Å². The van der Waals surface area contributed by atoms with E-state index in [2.05, 4.69) is 54.4 Å². The van der Waals surface area contributed by atoms with Crippen LogP contribution in [0.4, 0.5) is 0 Å². The van der Waals surface area contributed by atoms with Crippen LogP contribution in [0.3, 0.4) is 0 Å². The van der Waals surface area contributed by atoms with Crippen molar-refractivity contribution < 1.29 is 0 Å². The lowest BCUT2D eigenvalue weighted by atomic mass is 9.79. The fraction of sp³-hybridized carbons (Fsp3) is 0.647. The first-order valence-corrected chi connectivity index (χ1v) is 7.82. The molecule has 1 heterocycles. The number of benzene rings is 1. The van der Waals surface area contributed by atoms with Crippen molar-refractivity contribution in [1.82, 2.24) is 10.2 Å².